The highest BCUT2D eigenvalue weighted by atomic mass is 16.6. The van der Waals surface area contributed by atoms with Crippen LogP contribution in [0.3, 0.4) is 0 Å². The fraction of sp³-hybridized carbons (Fsp3) is 0.333. The number of aliphatic hydroxyl groups is 1. The number of nitro groups is 1. The summed E-state index contributed by atoms with van der Waals surface area (Å²) in [5, 5.41) is 24.0. The summed E-state index contributed by atoms with van der Waals surface area (Å²) >= 11 is 0. The summed E-state index contributed by atoms with van der Waals surface area (Å²) in [5.41, 5.74) is 4.13. The van der Waals surface area contributed by atoms with Crippen molar-refractivity contribution in [1.29, 1.82) is 0 Å². The van der Waals surface area contributed by atoms with Gasteiger partial charge in [-0.05, 0) is 50.1 Å². The van der Waals surface area contributed by atoms with Crippen molar-refractivity contribution in [3.8, 4) is 11.3 Å². The number of piperidine rings is 1. The van der Waals surface area contributed by atoms with Crippen molar-refractivity contribution in [1.82, 2.24) is 14.9 Å². The van der Waals surface area contributed by atoms with Gasteiger partial charge >= 0.3 is 0 Å². The van der Waals surface area contributed by atoms with Gasteiger partial charge in [0.1, 0.15) is 0 Å². The summed E-state index contributed by atoms with van der Waals surface area (Å²) in [6.07, 6.45) is 5.04. The third-order valence-corrected chi connectivity index (χ3v) is 5.89. The fourth-order valence-electron chi connectivity index (χ4n) is 4.13. The Morgan fingerprint density at radius 1 is 1.22 bits per heavy atom. The molecular formula is C24H27N5O3. The van der Waals surface area contributed by atoms with E-state index in [-0.39, 0.29) is 18.3 Å². The van der Waals surface area contributed by atoms with Crippen molar-refractivity contribution in [2.24, 2.45) is 0 Å². The highest BCUT2D eigenvalue weighted by molar-refractivity contribution is 5.64. The van der Waals surface area contributed by atoms with E-state index in [0.717, 1.165) is 37.2 Å². The molecule has 0 radical (unpaired) electrons. The summed E-state index contributed by atoms with van der Waals surface area (Å²) in [6, 6.07) is 15.3. The molecule has 2 aromatic carbocycles. The number of aromatic nitrogens is 2. The van der Waals surface area contributed by atoms with Crippen LogP contribution in [0, 0.1) is 17.0 Å². The quantitative estimate of drug-likeness (QED) is 0.419. The SMILES string of the molecule is Cc1ccc(Nc2nccc(-c3cccc(CN4CCCCC4CO)c3)n2)cc1[N+](=O)[O-]. The molecule has 8 heteroatoms. The van der Waals surface area contributed by atoms with Crippen molar-refractivity contribution >= 4 is 17.3 Å². The zero-order valence-electron chi connectivity index (χ0n) is 18.1. The van der Waals surface area contributed by atoms with Crippen molar-refractivity contribution in [3.63, 3.8) is 0 Å². The third-order valence-electron chi connectivity index (χ3n) is 5.89. The van der Waals surface area contributed by atoms with Gasteiger partial charge in [-0.3, -0.25) is 15.0 Å². The number of nitrogens with zero attached hydrogens (tertiary/aromatic N) is 4. The molecule has 2 heterocycles. The Morgan fingerprint density at radius 3 is 2.91 bits per heavy atom. The lowest BCUT2D eigenvalue weighted by atomic mass is 10.0. The van der Waals surface area contributed by atoms with E-state index in [1.54, 1.807) is 25.3 Å². The van der Waals surface area contributed by atoms with Gasteiger partial charge in [0.15, 0.2) is 0 Å². The van der Waals surface area contributed by atoms with Crippen LogP contribution >= 0.6 is 0 Å². The summed E-state index contributed by atoms with van der Waals surface area (Å²) in [7, 11) is 0. The van der Waals surface area contributed by atoms with Crippen LogP contribution in [0.4, 0.5) is 17.3 Å². The van der Waals surface area contributed by atoms with Crippen LogP contribution in [0.2, 0.25) is 0 Å². The number of likely N-dealkylation sites (tertiary alicyclic amines) is 1. The number of rotatable bonds is 7. The van der Waals surface area contributed by atoms with Gasteiger partial charge in [-0.25, -0.2) is 9.97 Å². The fourth-order valence-corrected chi connectivity index (χ4v) is 4.13. The normalized spacial score (nSPS) is 16.6. The van der Waals surface area contributed by atoms with E-state index in [0.29, 0.717) is 17.2 Å². The van der Waals surface area contributed by atoms with Crippen LogP contribution in [-0.2, 0) is 6.54 Å². The number of benzene rings is 2. The van der Waals surface area contributed by atoms with Gasteiger partial charge < -0.3 is 10.4 Å². The predicted octanol–water partition coefficient (Wildman–Crippen LogP) is 4.45. The van der Waals surface area contributed by atoms with E-state index in [2.05, 4.69) is 32.3 Å². The molecule has 0 bridgehead atoms. The van der Waals surface area contributed by atoms with Crippen LogP contribution in [0.25, 0.3) is 11.3 Å². The van der Waals surface area contributed by atoms with Crippen LogP contribution in [0.1, 0.15) is 30.4 Å². The first-order valence-electron chi connectivity index (χ1n) is 10.8. The van der Waals surface area contributed by atoms with E-state index < -0.39 is 4.92 Å². The molecule has 8 nitrogen and oxygen atoms in total. The molecule has 1 unspecified atom stereocenters. The second-order valence-electron chi connectivity index (χ2n) is 8.15. The van der Waals surface area contributed by atoms with E-state index in [9.17, 15) is 15.2 Å². The topological polar surface area (TPSA) is 104 Å². The molecule has 4 rings (SSSR count). The van der Waals surface area contributed by atoms with E-state index in [1.165, 1.54) is 18.1 Å². The maximum atomic E-state index is 11.2. The lowest BCUT2D eigenvalue weighted by Crippen LogP contribution is -2.41. The van der Waals surface area contributed by atoms with E-state index >= 15 is 0 Å². The van der Waals surface area contributed by atoms with Crippen LogP contribution < -0.4 is 5.32 Å². The molecule has 1 aromatic heterocycles. The molecule has 0 spiro atoms. The largest absolute Gasteiger partial charge is 0.395 e. The first-order valence-corrected chi connectivity index (χ1v) is 10.8. The molecule has 166 valence electrons. The Bertz CT molecular complexity index is 1100. The number of aliphatic hydroxyl groups excluding tert-OH is 1. The number of hydrogen-bond acceptors (Lipinski definition) is 7. The van der Waals surface area contributed by atoms with Crippen LogP contribution in [0.5, 0.6) is 0 Å². The Hall–Kier alpha value is -3.36. The number of nitrogens with one attached hydrogen (secondary N) is 1. The first kappa shape index (κ1) is 21.9. The van der Waals surface area contributed by atoms with Gasteiger partial charge in [0.25, 0.3) is 5.69 Å². The first-order chi connectivity index (χ1) is 15.5. The molecule has 1 fully saturated rings. The smallest absolute Gasteiger partial charge is 0.274 e. The molecule has 1 aliphatic rings. The molecule has 1 atom stereocenters. The van der Waals surface area contributed by atoms with Gasteiger partial charge in [0, 0.05) is 41.7 Å². The summed E-state index contributed by atoms with van der Waals surface area (Å²) in [6.45, 7) is 3.69. The van der Waals surface area contributed by atoms with Crippen LogP contribution in [0.15, 0.2) is 54.7 Å². The molecular weight excluding hydrogens is 406 g/mol. The third kappa shape index (κ3) is 5.09. The van der Waals surface area contributed by atoms with Gasteiger partial charge in [-0.2, -0.15) is 0 Å². The van der Waals surface area contributed by atoms with Gasteiger partial charge in [0.05, 0.1) is 17.2 Å². The molecule has 32 heavy (non-hydrogen) atoms. The maximum absolute atomic E-state index is 11.2. The van der Waals surface area contributed by atoms with Crippen LogP contribution in [-0.4, -0.2) is 44.1 Å². The molecule has 3 aromatic rings. The Kier molecular flexibility index (Phi) is 6.72. The highest BCUT2D eigenvalue weighted by Gasteiger charge is 2.21. The second kappa shape index (κ2) is 9.84. The lowest BCUT2D eigenvalue weighted by molar-refractivity contribution is -0.385. The minimum absolute atomic E-state index is 0.0535. The van der Waals surface area contributed by atoms with Crippen molar-refractivity contribution in [2.45, 2.75) is 38.8 Å². The zero-order valence-corrected chi connectivity index (χ0v) is 18.1. The predicted molar refractivity (Wildman–Crippen MR) is 124 cm³/mol. The average molecular weight is 434 g/mol. The average Bonchev–Trinajstić information content (AvgIpc) is 2.81. The minimum atomic E-state index is -0.396. The summed E-state index contributed by atoms with van der Waals surface area (Å²) in [5.74, 6) is 0.377. The van der Waals surface area contributed by atoms with E-state index in [4.69, 9.17) is 0 Å². The Morgan fingerprint density at radius 2 is 2.09 bits per heavy atom. The van der Waals surface area contributed by atoms with Gasteiger partial charge in [-0.15, -0.1) is 0 Å². The summed E-state index contributed by atoms with van der Waals surface area (Å²) in [4.78, 5) is 22.0. The lowest BCUT2D eigenvalue weighted by Gasteiger charge is -2.34. The van der Waals surface area contributed by atoms with Gasteiger partial charge in [-0.1, -0.05) is 30.7 Å². The summed E-state index contributed by atoms with van der Waals surface area (Å²) < 4.78 is 0. The minimum Gasteiger partial charge on any atom is -0.395 e. The zero-order chi connectivity index (χ0) is 22.5. The molecule has 2 N–H and O–H groups in total. The molecule has 1 aliphatic heterocycles. The van der Waals surface area contributed by atoms with Crippen molar-refractivity contribution < 1.29 is 10.0 Å². The molecule has 1 saturated heterocycles. The second-order valence-corrected chi connectivity index (χ2v) is 8.15. The molecule has 0 aliphatic carbocycles. The number of nitro benzene ring substituents is 1. The Balaban J connectivity index is 1.53. The molecule has 0 amide bonds. The van der Waals surface area contributed by atoms with Crippen molar-refractivity contribution in [3.05, 3.63) is 76.0 Å². The highest BCUT2D eigenvalue weighted by Crippen LogP contribution is 2.26. The number of aryl methyl sites for hydroxylation is 1. The van der Waals surface area contributed by atoms with E-state index in [1.807, 2.05) is 18.2 Å². The monoisotopic (exact) mass is 433 g/mol. The number of hydrogen-bond donors (Lipinski definition) is 2. The van der Waals surface area contributed by atoms with Crippen molar-refractivity contribution in [2.75, 3.05) is 18.5 Å². The Labute approximate surface area is 187 Å². The standard InChI is InChI=1S/C24H27N5O3/c1-17-8-9-20(14-23(17)29(31)32)26-24-25-11-10-22(27-24)19-6-4-5-18(13-19)15-28-12-3-2-7-21(28)16-30/h4-6,8-11,13-14,21,30H,2-3,7,12,15-16H2,1H3,(H,25,26,27). The maximum Gasteiger partial charge on any atom is 0.274 e. The molecule has 0 saturated carbocycles. The van der Waals surface area contributed by atoms with Gasteiger partial charge in [0.2, 0.25) is 5.95 Å². The number of anilines is 2.